The Labute approximate surface area is 158 Å². The molecule has 0 aliphatic carbocycles. The smallest absolute Gasteiger partial charge is 0.329 e. The molecule has 0 unspecified atom stereocenters. The van der Waals surface area contributed by atoms with Gasteiger partial charge < -0.3 is 9.47 Å². The Morgan fingerprint density at radius 3 is 2.67 bits per heavy atom. The standard InChI is InChI=1S/C18H16N4O4S/c1-25-12-8-7-11(14(9-12)26-2)10-19-22-17(24)16(23)21-18-20-13-5-3-4-6-15(13)27-18/h3-10H,1-2H3,(H,22,24)(H,20,21,23)/b19-10+. The minimum absolute atomic E-state index is 0.345. The van der Waals surface area contributed by atoms with Gasteiger partial charge in [-0.3, -0.25) is 14.9 Å². The maximum absolute atomic E-state index is 12.0. The Hall–Kier alpha value is -3.46. The molecular formula is C18H16N4O4S. The van der Waals surface area contributed by atoms with Gasteiger partial charge in [0.1, 0.15) is 11.5 Å². The van der Waals surface area contributed by atoms with Crippen LogP contribution in [0.15, 0.2) is 47.6 Å². The molecule has 138 valence electrons. The third-order valence-corrected chi connectivity index (χ3v) is 4.48. The van der Waals surface area contributed by atoms with Crippen molar-refractivity contribution in [2.24, 2.45) is 5.10 Å². The molecule has 0 atom stereocenters. The van der Waals surface area contributed by atoms with E-state index in [-0.39, 0.29) is 0 Å². The van der Waals surface area contributed by atoms with Gasteiger partial charge in [-0.15, -0.1) is 0 Å². The molecule has 2 amide bonds. The number of hydrogen-bond donors (Lipinski definition) is 2. The first-order valence-electron chi connectivity index (χ1n) is 7.82. The first-order chi connectivity index (χ1) is 13.1. The van der Waals surface area contributed by atoms with Gasteiger partial charge in [0.2, 0.25) is 0 Å². The zero-order chi connectivity index (χ0) is 19.2. The van der Waals surface area contributed by atoms with Gasteiger partial charge in [-0.25, -0.2) is 10.4 Å². The Bertz CT molecular complexity index is 983. The second-order valence-corrected chi connectivity index (χ2v) is 6.28. The number of methoxy groups -OCH3 is 2. The van der Waals surface area contributed by atoms with E-state index in [4.69, 9.17) is 9.47 Å². The van der Waals surface area contributed by atoms with Gasteiger partial charge in [0.05, 0.1) is 30.7 Å². The number of carbonyl (C=O) groups excluding carboxylic acids is 2. The maximum atomic E-state index is 12.0. The lowest BCUT2D eigenvalue weighted by atomic mass is 10.2. The summed E-state index contributed by atoms with van der Waals surface area (Å²) >= 11 is 1.28. The molecular weight excluding hydrogens is 368 g/mol. The molecule has 8 nitrogen and oxygen atoms in total. The number of hydrogen-bond acceptors (Lipinski definition) is 7. The molecule has 0 saturated heterocycles. The highest BCUT2D eigenvalue weighted by Crippen LogP contribution is 2.25. The van der Waals surface area contributed by atoms with Crippen LogP contribution in [0.3, 0.4) is 0 Å². The first kappa shape index (κ1) is 18.3. The SMILES string of the molecule is COc1ccc(/C=N/NC(=O)C(=O)Nc2nc3ccccc3s2)c(OC)c1. The van der Waals surface area contributed by atoms with Crippen molar-refractivity contribution < 1.29 is 19.1 Å². The van der Waals surface area contributed by atoms with E-state index in [1.807, 2.05) is 24.3 Å². The van der Waals surface area contributed by atoms with Gasteiger partial charge in [-0.2, -0.15) is 5.10 Å². The van der Waals surface area contributed by atoms with E-state index in [1.165, 1.54) is 24.7 Å². The van der Waals surface area contributed by atoms with Crippen LogP contribution in [0.25, 0.3) is 10.2 Å². The van der Waals surface area contributed by atoms with Crippen molar-refractivity contribution in [1.29, 1.82) is 0 Å². The molecule has 1 aromatic heterocycles. The highest BCUT2D eigenvalue weighted by atomic mass is 32.1. The zero-order valence-corrected chi connectivity index (χ0v) is 15.4. The summed E-state index contributed by atoms with van der Waals surface area (Å²) in [5, 5.41) is 6.59. The van der Waals surface area contributed by atoms with Crippen molar-refractivity contribution in [3.8, 4) is 11.5 Å². The van der Waals surface area contributed by atoms with E-state index in [0.29, 0.717) is 22.2 Å². The van der Waals surface area contributed by atoms with Gasteiger partial charge in [0.25, 0.3) is 0 Å². The van der Waals surface area contributed by atoms with E-state index in [1.54, 1.807) is 25.3 Å². The molecule has 3 aromatic rings. The highest BCUT2D eigenvalue weighted by molar-refractivity contribution is 7.22. The summed E-state index contributed by atoms with van der Waals surface area (Å²) in [4.78, 5) is 28.1. The monoisotopic (exact) mass is 384 g/mol. The lowest BCUT2D eigenvalue weighted by molar-refractivity contribution is -0.136. The predicted octanol–water partition coefficient (Wildman–Crippen LogP) is 2.40. The largest absolute Gasteiger partial charge is 0.497 e. The molecule has 27 heavy (non-hydrogen) atoms. The molecule has 1 heterocycles. The number of anilines is 1. The fourth-order valence-electron chi connectivity index (χ4n) is 2.22. The van der Waals surface area contributed by atoms with E-state index in [2.05, 4.69) is 20.8 Å². The minimum Gasteiger partial charge on any atom is -0.497 e. The molecule has 2 aromatic carbocycles. The fourth-order valence-corrected chi connectivity index (χ4v) is 3.08. The number of hydrazone groups is 1. The van der Waals surface area contributed by atoms with Crippen LogP contribution >= 0.6 is 11.3 Å². The summed E-state index contributed by atoms with van der Waals surface area (Å²) in [5.74, 6) is -0.611. The van der Waals surface area contributed by atoms with E-state index >= 15 is 0 Å². The van der Waals surface area contributed by atoms with Crippen molar-refractivity contribution in [2.45, 2.75) is 0 Å². The van der Waals surface area contributed by atoms with Gasteiger partial charge in [0.15, 0.2) is 5.13 Å². The fraction of sp³-hybridized carbons (Fsp3) is 0.111. The molecule has 0 spiro atoms. The molecule has 3 rings (SSSR count). The van der Waals surface area contributed by atoms with Crippen molar-refractivity contribution >= 4 is 44.7 Å². The normalized spacial score (nSPS) is 10.7. The summed E-state index contributed by atoms with van der Waals surface area (Å²) in [6.45, 7) is 0. The number of ether oxygens (including phenoxy) is 2. The molecule has 0 radical (unpaired) electrons. The number of thiazole rings is 1. The van der Waals surface area contributed by atoms with Crippen LogP contribution < -0.4 is 20.2 Å². The summed E-state index contributed by atoms with van der Waals surface area (Å²) in [7, 11) is 3.06. The quantitative estimate of drug-likeness (QED) is 0.400. The van der Waals surface area contributed by atoms with Crippen LogP contribution in [0.5, 0.6) is 11.5 Å². The van der Waals surface area contributed by atoms with E-state index in [9.17, 15) is 9.59 Å². The average Bonchev–Trinajstić information content (AvgIpc) is 3.10. The van der Waals surface area contributed by atoms with Crippen molar-refractivity contribution in [1.82, 2.24) is 10.4 Å². The molecule has 0 fully saturated rings. The van der Waals surface area contributed by atoms with Crippen LogP contribution in [0.2, 0.25) is 0 Å². The molecule has 0 saturated carbocycles. The Morgan fingerprint density at radius 1 is 1.11 bits per heavy atom. The molecule has 2 N–H and O–H groups in total. The van der Waals surface area contributed by atoms with Crippen molar-refractivity contribution in [3.05, 3.63) is 48.0 Å². The second-order valence-electron chi connectivity index (χ2n) is 5.25. The van der Waals surface area contributed by atoms with Crippen LogP contribution in [-0.4, -0.2) is 37.2 Å². The van der Waals surface area contributed by atoms with Gasteiger partial charge in [-0.05, 0) is 24.3 Å². The molecule has 0 bridgehead atoms. The molecule has 0 aliphatic rings. The van der Waals surface area contributed by atoms with Crippen LogP contribution in [-0.2, 0) is 9.59 Å². The Kier molecular flexibility index (Phi) is 5.62. The van der Waals surface area contributed by atoms with Crippen molar-refractivity contribution in [3.63, 3.8) is 0 Å². The molecule has 9 heteroatoms. The van der Waals surface area contributed by atoms with Crippen molar-refractivity contribution in [2.75, 3.05) is 19.5 Å². The minimum atomic E-state index is -0.905. The summed E-state index contributed by atoms with van der Waals surface area (Å²) in [6, 6.07) is 12.6. The summed E-state index contributed by atoms with van der Waals surface area (Å²) in [5.41, 5.74) is 3.54. The van der Waals surface area contributed by atoms with Gasteiger partial charge in [0, 0.05) is 11.6 Å². The zero-order valence-electron chi connectivity index (χ0n) is 14.6. The average molecular weight is 384 g/mol. The van der Waals surface area contributed by atoms with Gasteiger partial charge >= 0.3 is 11.8 Å². The van der Waals surface area contributed by atoms with Crippen LogP contribution in [0.1, 0.15) is 5.56 Å². The predicted molar refractivity (Wildman–Crippen MR) is 104 cm³/mol. The Morgan fingerprint density at radius 2 is 1.93 bits per heavy atom. The maximum Gasteiger partial charge on any atom is 0.329 e. The number of fused-ring (bicyclic) bond motifs is 1. The number of nitrogens with zero attached hydrogens (tertiary/aromatic N) is 2. The summed E-state index contributed by atoms with van der Waals surface area (Å²) in [6.07, 6.45) is 1.38. The Balaban J connectivity index is 1.61. The van der Waals surface area contributed by atoms with Gasteiger partial charge in [-0.1, -0.05) is 23.5 Å². The number of aromatic nitrogens is 1. The third-order valence-electron chi connectivity index (χ3n) is 3.53. The third kappa shape index (κ3) is 4.39. The number of nitrogens with one attached hydrogen (secondary N) is 2. The number of carbonyl (C=O) groups is 2. The van der Waals surface area contributed by atoms with E-state index < -0.39 is 11.8 Å². The second kappa shape index (κ2) is 8.28. The van der Waals surface area contributed by atoms with E-state index in [0.717, 1.165) is 10.2 Å². The summed E-state index contributed by atoms with van der Waals surface area (Å²) < 4.78 is 11.3. The van der Waals surface area contributed by atoms with Crippen LogP contribution in [0, 0.1) is 0 Å². The lowest BCUT2D eigenvalue weighted by Gasteiger charge is -2.06. The molecule has 0 aliphatic heterocycles. The number of benzene rings is 2. The topological polar surface area (TPSA) is 102 Å². The number of rotatable bonds is 5. The van der Waals surface area contributed by atoms with Crippen LogP contribution in [0.4, 0.5) is 5.13 Å². The number of amides is 2. The number of para-hydroxylation sites is 1. The highest BCUT2D eigenvalue weighted by Gasteiger charge is 2.15. The first-order valence-corrected chi connectivity index (χ1v) is 8.64. The lowest BCUT2D eigenvalue weighted by Crippen LogP contribution is -2.32.